The van der Waals surface area contributed by atoms with Gasteiger partial charge in [0.1, 0.15) is 0 Å². The SMILES string of the molecule is COC(C)c1cccc(NC(=O)N(CC(C)O)C(C)C)c1. The lowest BCUT2D eigenvalue weighted by molar-refractivity contribution is 0.119. The first-order valence-electron chi connectivity index (χ1n) is 7.23. The second kappa shape index (κ2) is 8.00. The molecule has 118 valence electrons. The Kier molecular flexibility index (Phi) is 6.65. The Morgan fingerprint density at radius 1 is 1.33 bits per heavy atom. The smallest absolute Gasteiger partial charge is 0.322 e. The molecule has 0 saturated carbocycles. The standard InChI is InChI=1S/C16H26N2O3/c1-11(2)18(10-12(3)19)16(20)17-15-8-6-7-14(9-15)13(4)21-5/h6-9,11-13,19H,10H2,1-5H3,(H,17,20). The molecule has 5 heteroatoms. The van der Waals surface area contributed by atoms with Crippen LogP contribution in [0.3, 0.4) is 0 Å². The van der Waals surface area contributed by atoms with Gasteiger partial charge in [-0.2, -0.15) is 0 Å². The van der Waals surface area contributed by atoms with Gasteiger partial charge in [0, 0.05) is 25.4 Å². The molecule has 0 spiro atoms. The highest BCUT2D eigenvalue weighted by Gasteiger charge is 2.19. The molecule has 0 fully saturated rings. The van der Waals surface area contributed by atoms with Crippen molar-refractivity contribution in [2.45, 2.75) is 45.9 Å². The number of rotatable bonds is 6. The Bertz CT molecular complexity index is 461. The molecule has 0 heterocycles. The average molecular weight is 294 g/mol. The van der Waals surface area contributed by atoms with Crippen molar-refractivity contribution in [2.75, 3.05) is 19.0 Å². The van der Waals surface area contributed by atoms with E-state index in [9.17, 15) is 9.90 Å². The monoisotopic (exact) mass is 294 g/mol. The summed E-state index contributed by atoms with van der Waals surface area (Å²) < 4.78 is 5.28. The first-order chi connectivity index (χ1) is 9.85. The summed E-state index contributed by atoms with van der Waals surface area (Å²) in [4.78, 5) is 13.9. The van der Waals surface area contributed by atoms with Gasteiger partial charge in [-0.25, -0.2) is 4.79 Å². The van der Waals surface area contributed by atoms with Crippen molar-refractivity contribution in [2.24, 2.45) is 0 Å². The highest BCUT2D eigenvalue weighted by atomic mass is 16.5. The predicted molar refractivity (Wildman–Crippen MR) is 84.4 cm³/mol. The van der Waals surface area contributed by atoms with Crippen molar-refractivity contribution in [3.63, 3.8) is 0 Å². The third-order valence-corrected chi connectivity index (χ3v) is 3.31. The number of carbonyl (C=O) groups excluding carboxylic acids is 1. The number of methoxy groups -OCH3 is 1. The lowest BCUT2D eigenvalue weighted by Crippen LogP contribution is -2.43. The number of carbonyl (C=O) groups is 1. The van der Waals surface area contributed by atoms with Crippen LogP contribution in [0.1, 0.15) is 39.4 Å². The van der Waals surface area contributed by atoms with Crippen molar-refractivity contribution in [3.05, 3.63) is 29.8 Å². The number of amides is 2. The Morgan fingerprint density at radius 2 is 2.00 bits per heavy atom. The van der Waals surface area contributed by atoms with Crippen LogP contribution in [0.4, 0.5) is 10.5 Å². The van der Waals surface area contributed by atoms with Gasteiger partial charge in [0.15, 0.2) is 0 Å². The van der Waals surface area contributed by atoms with Crippen LogP contribution in [0.5, 0.6) is 0 Å². The molecule has 1 aromatic carbocycles. The summed E-state index contributed by atoms with van der Waals surface area (Å²) in [5.74, 6) is 0. The Hall–Kier alpha value is -1.59. The number of nitrogens with zero attached hydrogens (tertiary/aromatic N) is 1. The second-order valence-electron chi connectivity index (χ2n) is 5.53. The highest BCUT2D eigenvalue weighted by molar-refractivity contribution is 5.89. The summed E-state index contributed by atoms with van der Waals surface area (Å²) in [6, 6.07) is 7.38. The number of hydrogen-bond donors (Lipinski definition) is 2. The summed E-state index contributed by atoms with van der Waals surface area (Å²) >= 11 is 0. The van der Waals surface area contributed by atoms with Gasteiger partial charge >= 0.3 is 6.03 Å². The molecule has 21 heavy (non-hydrogen) atoms. The molecule has 0 aliphatic heterocycles. The fraction of sp³-hybridized carbons (Fsp3) is 0.562. The van der Waals surface area contributed by atoms with E-state index >= 15 is 0 Å². The van der Waals surface area contributed by atoms with E-state index in [0.29, 0.717) is 6.54 Å². The zero-order valence-electron chi connectivity index (χ0n) is 13.5. The number of urea groups is 1. The largest absolute Gasteiger partial charge is 0.392 e. The van der Waals surface area contributed by atoms with Crippen LogP contribution in [0, 0.1) is 0 Å². The van der Waals surface area contributed by atoms with Gasteiger partial charge in [-0.3, -0.25) is 0 Å². The maximum atomic E-state index is 12.3. The fourth-order valence-corrected chi connectivity index (χ4v) is 2.01. The van der Waals surface area contributed by atoms with Crippen LogP contribution in [-0.2, 0) is 4.74 Å². The van der Waals surface area contributed by atoms with E-state index in [1.165, 1.54) is 0 Å². The fourth-order valence-electron chi connectivity index (χ4n) is 2.01. The Morgan fingerprint density at radius 3 is 2.52 bits per heavy atom. The van der Waals surface area contributed by atoms with Gasteiger partial charge in [0.25, 0.3) is 0 Å². The molecule has 5 nitrogen and oxygen atoms in total. The number of hydrogen-bond acceptors (Lipinski definition) is 3. The third kappa shape index (κ3) is 5.36. The summed E-state index contributed by atoms with van der Waals surface area (Å²) in [7, 11) is 1.65. The molecule has 2 atom stereocenters. The third-order valence-electron chi connectivity index (χ3n) is 3.31. The average Bonchev–Trinajstić information content (AvgIpc) is 2.43. The van der Waals surface area contributed by atoms with E-state index in [4.69, 9.17) is 4.74 Å². The van der Waals surface area contributed by atoms with Crippen molar-refractivity contribution >= 4 is 11.7 Å². The van der Waals surface area contributed by atoms with Gasteiger partial charge in [-0.15, -0.1) is 0 Å². The van der Waals surface area contributed by atoms with Gasteiger partial charge in [0.2, 0.25) is 0 Å². The van der Waals surface area contributed by atoms with E-state index < -0.39 is 6.10 Å². The normalized spacial score (nSPS) is 13.9. The molecule has 0 aromatic heterocycles. The van der Waals surface area contributed by atoms with Gasteiger partial charge in [0.05, 0.1) is 12.2 Å². The molecular weight excluding hydrogens is 268 g/mol. The molecule has 1 rings (SSSR count). The van der Waals surface area contributed by atoms with Crippen molar-refractivity contribution in [3.8, 4) is 0 Å². The zero-order valence-corrected chi connectivity index (χ0v) is 13.5. The van der Waals surface area contributed by atoms with Crippen molar-refractivity contribution in [1.29, 1.82) is 0 Å². The topological polar surface area (TPSA) is 61.8 Å². The van der Waals surface area contributed by atoms with Gasteiger partial charge in [-0.1, -0.05) is 12.1 Å². The summed E-state index contributed by atoms with van der Waals surface area (Å²) in [6.45, 7) is 7.77. The second-order valence-corrected chi connectivity index (χ2v) is 5.53. The number of nitrogens with one attached hydrogen (secondary N) is 1. The molecule has 1 aromatic rings. The first kappa shape index (κ1) is 17.5. The lowest BCUT2D eigenvalue weighted by atomic mass is 10.1. The molecule has 0 aliphatic carbocycles. The summed E-state index contributed by atoms with van der Waals surface area (Å²) in [5, 5.41) is 12.4. The van der Waals surface area contributed by atoms with Crippen LogP contribution >= 0.6 is 0 Å². The number of anilines is 1. The van der Waals surface area contributed by atoms with E-state index in [-0.39, 0.29) is 18.2 Å². The van der Waals surface area contributed by atoms with Gasteiger partial charge in [-0.05, 0) is 45.4 Å². The van der Waals surface area contributed by atoms with Crippen LogP contribution in [0.2, 0.25) is 0 Å². The minimum Gasteiger partial charge on any atom is -0.392 e. The lowest BCUT2D eigenvalue weighted by Gasteiger charge is -2.28. The Labute approximate surface area is 126 Å². The molecule has 0 radical (unpaired) electrons. The zero-order chi connectivity index (χ0) is 16.0. The predicted octanol–water partition coefficient (Wildman–Crippen LogP) is 3.02. The van der Waals surface area contributed by atoms with E-state index in [2.05, 4.69) is 5.32 Å². The van der Waals surface area contributed by atoms with Gasteiger partial charge < -0.3 is 20.1 Å². The quantitative estimate of drug-likeness (QED) is 0.847. The number of ether oxygens (including phenoxy) is 1. The molecule has 2 amide bonds. The van der Waals surface area contributed by atoms with E-state index in [1.807, 2.05) is 45.0 Å². The summed E-state index contributed by atoms with van der Waals surface area (Å²) in [5.41, 5.74) is 1.72. The maximum absolute atomic E-state index is 12.3. The van der Waals surface area contributed by atoms with Crippen LogP contribution in [0.15, 0.2) is 24.3 Å². The minimum atomic E-state index is -0.557. The number of benzene rings is 1. The molecule has 0 bridgehead atoms. The minimum absolute atomic E-state index is 0.0145. The molecular formula is C16H26N2O3. The maximum Gasteiger partial charge on any atom is 0.322 e. The molecule has 2 N–H and O–H groups in total. The van der Waals surface area contributed by atoms with Crippen LogP contribution in [-0.4, -0.2) is 41.8 Å². The number of aliphatic hydroxyl groups excluding tert-OH is 1. The molecule has 0 saturated heterocycles. The van der Waals surface area contributed by atoms with Crippen molar-refractivity contribution < 1.29 is 14.6 Å². The Balaban J connectivity index is 2.81. The number of aliphatic hydroxyl groups is 1. The highest BCUT2D eigenvalue weighted by Crippen LogP contribution is 2.20. The first-order valence-corrected chi connectivity index (χ1v) is 7.23. The molecule has 0 aliphatic rings. The van der Waals surface area contributed by atoms with Crippen LogP contribution < -0.4 is 5.32 Å². The molecule has 2 unspecified atom stereocenters. The van der Waals surface area contributed by atoms with E-state index in [1.54, 1.807) is 18.9 Å². The van der Waals surface area contributed by atoms with Crippen molar-refractivity contribution in [1.82, 2.24) is 4.90 Å². The summed E-state index contributed by atoms with van der Waals surface area (Å²) in [6.07, 6.45) is -0.585. The van der Waals surface area contributed by atoms with Crippen LogP contribution in [0.25, 0.3) is 0 Å². The van der Waals surface area contributed by atoms with E-state index in [0.717, 1.165) is 11.3 Å².